The van der Waals surface area contributed by atoms with Gasteiger partial charge in [0.15, 0.2) is 36.4 Å². The van der Waals surface area contributed by atoms with E-state index in [9.17, 15) is 60.0 Å². The van der Waals surface area contributed by atoms with Crippen molar-refractivity contribution in [2.45, 2.75) is 190 Å². The number of aryl methyl sites for hydroxylation is 4. The molecule has 0 spiro atoms. The third-order valence-electron chi connectivity index (χ3n) is 15.2. The lowest BCUT2D eigenvalue weighted by atomic mass is 9.87. The van der Waals surface area contributed by atoms with Crippen molar-refractivity contribution in [3.8, 4) is 0 Å². The number of aliphatic hydroxyl groups is 8. The predicted octanol–water partition coefficient (Wildman–Crippen LogP) is 0.212. The second-order valence-electron chi connectivity index (χ2n) is 21.0. The van der Waals surface area contributed by atoms with Gasteiger partial charge in [0.2, 0.25) is 0 Å². The van der Waals surface area contributed by atoms with Gasteiger partial charge in [-0.15, -0.1) is 28.9 Å². The van der Waals surface area contributed by atoms with Gasteiger partial charge in [-0.25, -0.2) is 0 Å². The topological polar surface area (TPSA) is 335 Å². The standard InChI is InChI=1S/C54H78N8O18/c1-57-33(31-75-53-47(69)45(67)43(65)39(29-63)79-53)27-59(55-57)23-15-11-7-3-5-9-13-17-25-77-61-49(71)35-19-21-37-42-38(22-20-36(41(35)42)50(61)72)52(74)62(51(37)73)78-26-18-14-10-6-4-8-12-16-24-60-28-34(58(2)56-60)32-76-54-48(70)46(68)44(66)40(30-64)80-54/h19-22,27-28,39-40,43-48,53-54,63-70H,3-18,23-26,29-32H2,1-2H3/q+2/t39-,40-,43+,44+,45+,46+,47-,48-,53-,54-/m1/s1. The number of carbonyl (C=O) groups is 4. The van der Waals surface area contributed by atoms with Gasteiger partial charge in [0, 0.05) is 10.8 Å². The molecular formula is C54H78N8O18+2. The van der Waals surface area contributed by atoms with Crippen LogP contribution in [0.15, 0.2) is 36.7 Å². The zero-order valence-corrected chi connectivity index (χ0v) is 45.4. The number of hydroxylamine groups is 4. The molecule has 2 aromatic heterocycles. The monoisotopic (exact) mass is 1130 g/mol. The van der Waals surface area contributed by atoms with Crippen LogP contribution in [0.5, 0.6) is 0 Å². The van der Waals surface area contributed by atoms with Gasteiger partial charge in [0.1, 0.15) is 89.2 Å². The molecule has 0 aliphatic carbocycles. The number of aliphatic hydroxyl groups excluding tert-OH is 8. The average molecular weight is 1130 g/mol. The molecule has 2 aromatic carbocycles. The van der Waals surface area contributed by atoms with Gasteiger partial charge in [0.25, 0.3) is 23.6 Å². The van der Waals surface area contributed by atoms with Crippen molar-refractivity contribution in [3.63, 3.8) is 0 Å². The molecule has 2 saturated heterocycles. The molecule has 4 aromatic rings. The molecule has 80 heavy (non-hydrogen) atoms. The minimum atomic E-state index is -1.52. The molecule has 26 nitrogen and oxygen atoms in total. The van der Waals surface area contributed by atoms with Crippen molar-refractivity contribution >= 4 is 34.4 Å². The second-order valence-corrected chi connectivity index (χ2v) is 21.0. The number of nitrogens with zero attached hydrogens (tertiary/aromatic N) is 8. The molecule has 0 unspecified atom stereocenters. The molecule has 0 saturated carbocycles. The fraction of sp³-hybridized carbons (Fsp3) is 0.667. The fourth-order valence-corrected chi connectivity index (χ4v) is 10.5. The van der Waals surface area contributed by atoms with E-state index in [4.69, 9.17) is 28.6 Å². The number of amides is 4. The Hall–Kier alpha value is -5.30. The van der Waals surface area contributed by atoms with E-state index in [0.717, 1.165) is 100 Å². The third-order valence-corrected chi connectivity index (χ3v) is 15.2. The van der Waals surface area contributed by atoms with Crippen molar-refractivity contribution in [2.75, 3.05) is 26.4 Å². The molecule has 8 rings (SSSR count). The lowest BCUT2D eigenvalue weighted by molar-refractivity contribution is -0.755. The summed E-state index contributed by atoms with van der Waals surface area (Å²) in [6, 6.07) is 5.96. The molecule has 2 fully saturated rings. The Labute approximate surface area is 462 Å². The summed E-state index contributed by atoms with van der Waals surface area (Å²) >= 11 is 0. The normalized spacial score (nSPS) is 25.0. The lowest BCUT2D eigenvalue weighted by Crippen LogP contribution is -2.59. The highest BCUT2D eigenvalue weighted by atomic mass is 16.7. The molecule has 0 bridgehead atoms. The van der Waals surface area contributed by atoms with Crippen LogP contribution in [-0.2, 0) is 69.0 Å². The van der Waals surface area contributed by atoms with E-state index in [-0.39, 0.29) is 59.5 Å². The van der Waals surface area contributed by atoms with Crippen molar-refractivity contribution in [1.82, 2.24) is 29.9 Å². The summed E-state index contributed by atoms with van der Waals surface area (Å²) in [5.74, 6) is -2.64. The van der Waals surface area contributed by atoms with Gasteiger partial charge < -0.3 is 59.8 Å². The summed E-state index contributed by atoms with van der Waals surface area (Å²) in [5, 5.41) is 90.3. The van der Waals surface area contributed by atoms with Crippen LogP contribution in [0.3, 0.4) is 0 Å². The first-order valence-electron chi connectivity index (χ1n) is 28.0. The van der Waals surface area contributed by atoms with E-state index in [1.54, 1.807) is 23.5 Å². The highest BCUT2D eigenvalue weighted by molar-refractivity contribution is 6.32. The first-order chi connectivity index (χ1) is 38.6. The average Bonchev–Trinajstić information content (AvgIpc) is 4.12. The Morgan fingerprint density at radius 1 is 0.463 bits per heavy atom. The quantitative estimate of drug-likeness (QED) is 0.0184. The van der Waals surface area contributed by atoms with Gasteiger partial charge in [-0.3, -0.25) is 28.9 Å². The summed E-state index contributed by atoms with van der Waals surface area (Å²) in [4.78, 5) is 66.2. The maximum atomic E-state index is 13.7. The number of hydrogen-bond acceptors (Lipinski definition) is 20. The largest absolute Gasteiger partial charge is 0.394 e. The van der Waals surface area contributed by atoms with Gasteiger partial charge >= 0.3 is 0 Å². The number of hydrogen-bond donors (Lipinski definition) is 8. The second kappa shape index (κ2) is 28.6. The Kier molecular flexibility index (Phi) is 21.7. The first-order valence-corrected chi connectivity index (χ1v) is 28.0. The number of aromatic nitrogens is 6. The van der Waals surface area contributed by atoms with Gasteiger partial charge in [-0.05, 0) is 62.8 Å². The maximum absolute atomic E-state index is 13.7. The Balaban J connectivity index is 0.669. The zero-order valence-electron chi connectivity index (χ0n) is 45.4. The number of carbonyl (C=O) groups excluding carboxylic acids is 4. The summed E-state index contributed by atoms with van der Waals surface area (Å²) in [5.41, 5.74) is 2.08. The highest BCUT2D eigenvalue weighted by Crippen LogP contribution is 2.38. The maximum Gasteiger partial charge on any atom is 0.285 e. The van der Waals surface area contributed by atoms with E-state index >= 15 is 0 Å². The van der Waals surface area contributed by atoms with Crippen LogP contribution in [-0.4, -0.2) is 182 Å². The van der Waals surface area contributed by atoms with E-state index in [0.29, 0.717) is 37.3 Å². The lowest BCUT2D eigenvalue weighted by Gasteiger charge is -2.39. The van der Waals surface area contributed by atoms with Crippen molar-refractivity contribution in [2.24, 2.45) is 14.1 Å². The number of unbranched alkanes of at least 4 members (excludes halogenated alkanes) is 14. The van der Waals surface area contributed by atoms with Crippen LogP contribution in [0.4, 0.5) is 0 Å². The van der Waals surface area contributed by atoms with E-state index in [2.05, 4.69) is 10.4 Å². The van der Waals surface area contributed by atoms with Crippen LogP contribution >= 0.6 is 0 Å². The highest BCUT2D eigenvalue weighted by Gasteiger charge is 2.46. The first kappa shape index (κ1) is 60.8. The summed E-state index contributed by atoms with van der Waals surface area (Å²) in [7, 11) is 3.53. The molecule has 10 atom stereocenters. The summed E-state index contributed by atoms with van der Waals surface area (Å²) in [6.45, 7) is 0.687. The van der Waals surface area contributed by atoms with Gasteiger partial charge in [-0.1, -0.05) is 64.2 Å². The molecule has 8 N–H and O–H groups in total. The van der Waals surface area contributed by atoms with Crippen LogP contribution in [0, 0.1) is 0 Å². The van der Waals surface area contributed by atoms with E-state index in [1.807, 2.05) is 21.8 Å². The van der Waals surface area contributed by atoms with Gasteiger partial charge in [-0.2, -0.15) is 0 Å². The number of ether oxygens (including phenoxy) is 4. The fourth-order valence-electron chi connectivity index (χ4n) is 10.5. The van der Waals surface area contributed by atoms with Crippen LogP contribution < -0.4 is 9.36 Å². The minimum absolute atomic E-state index is 0.0300. The Bertz CT molecular complexity index is 2490. The summed E-state index contributed by atoms with van der Waals surface area (Å²) < 4.78 is 29.1. The minimum Gasteiger partial charge on any atom is -0.394 e. The van der Waals surface area contributed by atoms with E-state index in [1.165, 1.54) is 24.3 Å². The van der Waals surface area contributed by atoms with Crippen LogP contribution in [0.25, 0.3) is 10.8 Å². The molecule has 4 amide bonds. The number of benzene rings is 2. The predicted molar refractivity (Wildman–Crippen MR) is 275 cm³/mol. The van der Waals surface area contributed by atoms with Gasteiger partial charge in [0.05, 0.1) is 59.1 Å². The Morgan fingerprint density at radius 2 is 0.775 bits per heavy atom. The Morgan fingerprint density at radius 3 is 1.10 bits per heavy atom. The number of rotatable bonds is 32. The number of imide groups is 2. The zero-order chi connectivity index (χ0) is 57.0. The van der Waals surface area contributed by atoms with Crippen molar-refractivity contribution in [1.29, 1.82) is 0 Å². The van der Waals surface area contributed by atoms with Crippen LogP contribution in [0.2, 0.25) is 0 Å². The molecular weight excluding hydrogens is 1050 g/mol. The SMILES string of the molecule is Cn1n[n+](CCCCCCCCCCON2C(=O)c3ccc4c5c(ccc(c35)C2=O)C(=O)N(OCCCCCCCCCC[n+]2cc(CO[C@@H]3O[C@H](CO)[C@H](O)[C@H](O)[C@H]3O)n(C)n2)C4=O)cc1CO[C@@H]1O[C@H](CO)[C@H](O)[C@H](O)[C@H]1O. The molecule has 0 radical (unpaired) electrons. The summed E-state index contributed by atoms with van der Waals surface area (Å²) in [6.07, 6.45) is 5.09. The molecule has 26 heteroatoms. The molecule has 440 valence electrons. The molecule has 4 aliphatic rings. The molecule has 4 aliphatic heterocycles. The van der Waals surface area contributed by atoms with Crippen molar-refractivity contribution in [3.05, 3.63) is 70.3 Å². The van der Waals surface area contributed by atoms with E-state index < -0.39 is 98.3 Å². The van der Waals surface area contributed by atoms with Crippen molar-refractivity contribution < 1.29 is 98.0 Å². The molecule has 6 heterocycles. The van der Waals surface area contributed by atoms with Crippen LogP contribution in [0.1, 0.15) is 156 Å². The third kappa shape index (κ3) is 14.1. The smallest absolute Gasteiger partial charge is 0.285 e.